The van der Waals surface area contributed by atoms with E-state index in [1.54, 1.807) is 0 Å². The minimum Gasteiger partial charge on any atom is -0.396 e. The Hall–Kier alpha value is -0.120. The topological polar surface area (TPSA) is 35.5 Å². The minimum atomic E-state index is 0.379. The number of nitrogens with zero attached hydrogens (tertiary/aromatic N) is 1. The van der Waals surface area contributed by atoms with E-state index >= 15 is 0 Å². The predicted molar refractivity (Wildman–Crippen MR) is 73.6 cm³/mol. The Morgan fingerprint density at radius 1 is 1.17 bits per heavy atom. The molecule has 3 aliphatic rings. The number of rotatable bonds is 6. The maximum atomic E-state index is 9.25. The summed E-state index contributed by atoms with van der Waals surface area (Å²) in [7, 11) is 0. The molecule has 3 rings (SSSR count). The van der Waals surface area contributed by atoms with Crippen molar-refractivity contribution in [3.63, 3.8) is 0 Å². The van der Waals surface area contributed by atoms with Gasteiger partial charge in [-0.3, -0.25) is 0 Å². The van der Waals surface area contributed by atoms with Crippen molar-refractivity contribution >= 4 is 0 Å². The fourth-order valence-corrected chi connectivity index (χ4v) is 3.84. The van der Waals surface area contributed by atoms with E-state index in [0.29, 0.717) is 17.9 Å². The number of hydrogen-bond acceptors (Lipinski definition) is 3. The van der Waals surface area contributed by atoms with Crippen molar-refractivity contribution in [3.8, 4) is 0 Å². The summed E-state index contributed by atoms with van der Waals surface area (Å²) in [4.78, 5) is 2.61. The molecule has 0 spiro atoms. The molecule has 2 aliphatic carbocycles. The number of aliphatic hydroxyl groups is 1. The predicted octanol–water partition coefficient (Wildman–Crippen LogP) is 1.61. The highest BCUT2D eigenvalue weighted by Gasteiger charge is 2.38. The first-order valence-electron chi connectivity index (χ1n) is 7.86. The lowest BCUT2D eigenvalue weighted by atomic mass is 9.85. The standard InChI is InChI=1S/C15H28N2O/c18-10-13-5-8-17(9-13)12-15(6-1-2-7-15)11-16-14-3-4-14/h13-14,16,18H,1-12H2. The molecular weight excluding hydrogens is 224 g/mol. The summed E-state index contributed by atoms with van der Waals surface area (Å²) in [5, 5.41) is 13.0. The lowest BCUT2D eigenvalue weighted by Gasteiger charge is -2.34. The van der Waals surface area contributed by atoms with Crippen LogP contribution in [0.4, 0.5) is 0 Å². The third kappa shape index (κ3) is 3.06. The molecule has 0 bridgehead atoms. The van der Waals surface area contributed by atoms with Crippen LogP contribution in [-0.2, 0) is 0 Å². The Morgan fingerprint density at radius 3 is 2.56 bits per heavy atom. The maximum Gasteiger partial charge on any atom is 0.0471 e. The highest BCUT2D eigenvalue weighted by atomic mass is 16.3. The van der Waals surface area contributed by atoms with Crippen molar-refractivity contribution in [2.75, 3.05) is 32.8 Å². The summed E-state index contributed by atoms with van der Waals surface area (Å²) in [6, 6.07) is 0.839. The summed E-state index contributed by atoms with van der Waals surface area (Å²) in [5.41, 5.74) is 0.549. The van der Waals surface area contributed by atoms with Gasteiger partial charge in [0, 0.05) is 32.3 Å². The molecule has 3 fully saturated rings. The van der Waals surface area contributed by atoms with Gasteiger partial charge in [-0.2, -0.15) is 0 Å². The summed E-state index contributed by atoms with van der Waals surface area (Å²) >= 11 is 0. The van der Waals surface area contributed by atoms with Gasteiger partial charge in [0.05, 0.1) is 0 Å². The number of nitrogens with one attached hydrogen (secondary N) is 1. The van der Waals surface area contributed by atoms with Crippen LogP contribution >= 0.6 is 0 Å². The second-order valence-corrected chi connectivity index (χ2v) is 6.93. The van der Waals surface area contributed by atoms with Gasteiger partial charge in [-0.1, -0.05) is 12.8 Å². The van der Waals surface area contributed by atoms with Crippen molar-refractivity contribution in [1.29, 1.82) is 0 Å². The van der Waals surface area contributed by atoms with E-state index in [-0.39, 0.29) is 0 Å². The highest BCUT2D eigenvalue weighted by molar-refractivity contribution is 4.93. The zero-order valence-electron chi connectivity index (χ0n) is 11.5. The second kappa shape index (κ2) is 5.48. The second-order valence-electron chi connectivity index (χ2n) is 6.93. The molecule has 1 saturated heterocycles. The van der Waals surface area contributed by atoms with Crippen LogP contribution < -0.4 is 5.32 Å². The Bertz CT molecular complexity index is 272. The SMILES string of the molecule is OCC1CCN(CC2(CNC3CC3)CCCC2)C1. The van der Waals surface area contributed by atoms with Crippen LogP contribution in [0.1, 0.15) is 44.9 Å². The fraction of sp³-hybridized carbons (Fsp3) is 1.00. The van der Waals surface area contributed by atoms with Crippen LogP contribution in [0.3, 0.4) is 0 Å². The molecule has 0 amide bonds. The smallest absolute Gasteiger partial charge is 0.0471 e. The average Bonchev–Trinajstić information content (AvgIpc) is 2.93. The molecule has 1 unspecified atom stereocenters. The zero-order valence-corrected chi connectivity index (χ0v) is 11.5. The monoisotopic (exact) mass is 252 g/mol. The van der Waals surface area contributed by atoms with Crippen LogP contribution in [-0.4, -0.2) is 48.8 Å². The molecule has 2 saturated carbocycles. The van der Waals surface area contributed by atoms with Gasteiger partial charge in [-0.25, -0.2) is 0 Å². The lowest BCUT2D eigenvalue weighted by molar-refractivity contribution is 0.158. The quantitative estimate of drug-likeness (QED) is 0.754. The Kier molecular flexibility index (Phi) is 3.92. The first kappa shape index (κ1) is 12.9. The molecule has 0 aromatic carbocycles. The van der Waals surface area contributed by atoms with Crippen LogP contribution in [0, 0.1) is 11.3 Å². The highest BCUT2D eigenvalue weighted by Crippen LogP contribution is 2.40. The van der Waals surface area contributed by atoms with Crippen molar-refractivity contribution in [3.05, 3.63) is 0 Å². The van der Waals surface area contributed by atoms with Crippen molar-refractivity contribution < 1.29 is 5.11 Å². The Morgan fingerprint density at radius 2 is 1.94 bits per heavy atom. The molecule has 1 aliphatic heterocycles. The zero-order chi connectivity index (χ0) is 12.4. The van der Waals surface area contributed by atoms with Gasteiger partial charge in [0.15, 0.2) is 0 Å². The van der Waals surface area contributed by atoms with Gasteiger partial charge in [0.1, 0.15) is 0 Å². The average molecular weight is 252 g/mol. The fourth-order valence-electron chi connectivity index (χ4n) is 3.84. The third-order valence-electron chi connectivity index (χ3n) is 5.19. The normalized spacial score (nSPS) is 32.2. The van der Waals surface area contributed by atoms with Gasteiger partial charge < -0.3 is 15.3 Å². The van der Waals surface area contributed by atoms with E-state index in [2.05, 4.69) is 10.2 Å². The molecule has 18 heavy (non-hydrogen) atoms. The van der Waals surface area contributed by atoms with Gasteiger partial charge in [-0.05, 0) is 50.0 Å². The molecule has 3 nitrogen and oxygen atoms in total. The van der Waals surface area contributed by atoms with Gasteiger partial charge >= 0.3 is 0 Å². The largest absolute Gasteiger partial charge is 0.396 e. The van der Waals surface area contributed by atoms with Gasteiger partial charge in [-0.15, -0.1) is 0 Å². The number of aliphatic hydroxyl groups excluding tert-OH is 1. The van der Waals surface area contributed by atoms with Crippen LogP contribution in [0.15, 0.2) is 0 Å². The molecular formula is C15H28N2O. The van der Waals surface area contributed by atoms with E-state index in [4.69, 9.17) is 0 Å². The Labute approximate surface area is 111 Å². The molecule has 0 aromatic rings. The van der Waals surface area contributed by atoms with E-state index < -0.39 is 0 Å². The summed E-state index contributed by atoms with van der Waals surface area (Å²) < 4.78 is 0. The van der Waals surface area contributed by atoms with Crippen molar-refractivity contribution in [1.82, 2.24) is 10.2 Å². The first-order chi connectivity index (χ1) is 8.80. The third-order valence-corrected chi connectivity index (χ3v) is 5.19. The van der Waals surface area contributed by atoms with E-state index in [1.165, 1.54) is 64.6 Å². The van der Waals surface area contributed by atoms with Crippen molar-refractivity contribution in [2.24, 2.45) is 11.3 Å². The molecule has 0 radical (unpaired) electrons. The molecule has 1 heterocycles. The summed E-state index contributed by atoms with van der Waals surface area (Å²) in [5.74, 6) is 0.542. The van der Waals surface area contributed by atoms with E-state index in [9.17, 15) is 5.11 Å². The van der Waals surface area contributed by atoms with Crippen molar-refractivity contribution in [2.45, 2.75) is 51.0 Å². The molecule has 104 valence electrons. The molecule has 1 atom stereocenters. The van der Waals surface area contributed by atoms with Crippen LogP contribution in [0.5, 0.6) is 0 Å². The van der Waals surface area contributed by atoms with Crippen LogP contribution in [0.2, 0.25) is 0 Å². The molecule has 3 heteroatoms. The number of likely N-dealkylation sites (tertiary alicyclic amines) is 1. The maximum absolute atomic E-state index is 9.25. The lowest BCUT2D eigenvalue weighted by Crippen LogP contribution is -2.42. The Balaban J connectivity index is 1.52. The molecule has 0 aromatic heterocycles. The van der Waals surface area contributed by atoms with E-state index in [0.717, 1.165) is 12.6 Å². The van der Waals surface area contributed by atoms with Gasteiger partial charge in [0.25, 0.3) is 0 Å². The molecule has 2 N–H and O–H groups in total. The summed E-state index contributed by atoms with van der Waals surface area (Å²) in [6.45, 7) is 5.21. The van der Waals surface area contributed by atoms with Crippen LogP contribution in [0.25, 0.3) is 0 Å². The summed E-state index contributed by atoms with van der Waals surface area (Å²) in [6.07, 6.45) is 9.65. The minimum absolute atomic E-state index is 0.379. The number of hydrogen-bond donors (Lipinski definition) is 2. The van der Waals surface area contributed by atoms with E-state index in [1.807, 2.05) is 0 Å². The first-order valence-corrected chi connectivity index (χ1v) is 7.86. The van der Waals surface area contributed by atoms with Gasteiger partial charge in [0.2, 0.25) is 0 Å².